The molecule has 0 atom stereocenters. The van der Waals surface area contributed by atoms with Gasteiger partial charge in [-0.1, -0.05) is 12.1 Å². The standard InChI is InChI=1S/C26H28FN4O7P/c1-36-39(35,37-2)16-29-10-12-30(13-11-29)26(34)38-24-19-4-3-9-28-22(19)23(32)21-20(24)15-31(25(21)33)14-17-5-7-18(27)8-6-17/h3-9,32H,10-16H2,1-2H3. The number of phenols is 1. The van der Waals surface area contributed by atoms with Crippen molar-refractivity contribution in [1.29, 1.82) is 0 Å². The van der Waals surface area contributed by atoms with Crippen LogP contribution in [0.15, 0.2) is 42.6 Å². The first kappa shape index (κ1) is 27.0. The lowest BCUT2D eigenvalue weighted by Gasteiger charge is -2.34. The largest absolute Gasteiger partial charge is 0.505 e. The molecule has 2 aliphatic rings. The van der Waals surface area contributed by atoms with Crippen molar-refractivity contribution < 1.29 is 37.4 Å². The molecule has 1 aromatic heterocycles. The zero-order valence-corrected chi connectivity index (χ0v) is 22.4. The Labute approximate surface area is 224 Å². The fourth-order valence-electron chi connectivity index (χ4n) is 4.83. The summed E-state index contributed by atoms with van der Waals surface area (Å²) in [7, 11) is -0.560. The molecule has 3 aromatic rings. The van der Waals surface area contributed by atoms with E-state index in [1.807, 2.05) is 4.90 Å². The summed E-state index contributed by atoms with van der Waals surface area (Å²) in [6.45, 7) is 1.77. The quantitative estimate of drug-likeness (QED) is 0.432. The molecule has 206 valence electrons. The number of amides is 2. The summed E-state index contributed by atoms with van der Waals surface area (Å²) in [6, 6.07) is 9.12. The summed E-state index contributed by atoms with van der Waals surface area (Å²) >= 11 is 0. The van der Waals surface area contributed by atoms with Gasteiger partial charge in [-0.25, -0.2) is 9.18 Å². The molecule has 5 rings (SSSR count). The Kier molecular flexibility index (Phi) is 7.55. The molecule has 0 saturated carbocycles. The maximum atomic E-state index is 13.4. The van der Waals surface area contributed by atoms with Crippen molar-refractivity contribution in [1.82, 2.24) is 19.7 Å². The second-order valence-corrected chi connectivity index (χ2v) is 11.5. The number of aromatic nitrogens is 1. The number of piperazine rings is 1. The molecule has 1 fully saturated rings. The Balaban J connectivity index is 1.38. The van der Waals surface area contributed by atoms with E-state index in [1.165, 1.54) is 42.3 Å². The summed E-state index contributed by atoms with van der Waals surface area (Å²) in [6.07, 6.45) is 0.975. The number of hydrogen-bond donors (Lipinski definition) is 1. The van der Waals surface area contributed by atoms with Gasteiger partial charge in [-0.3, -0.25) is 19.2 Å². The van der Waals surface area contributed by atoms with Gasteiger partial charge in [0.25, 0.3) is 5.91 Å². The Hall–Kier alpha value is -3.57. The maximum absolute atomic E-state index is 13.4. The van der Waals surface area contributed by atoms with Gasteiger partial charge in [-0.05, 0) is 29.8 Å². The van der Waals surface area contributed by atoms with Crippen LogP contribution in [-0.2, 0) is 26.7 Å². The van der Waals surface area contributed by atoms with E-state index in [-0.39, 0.29) is 47.8 Å². The van der Waals surface area contributed by atoms with Crippen LogP contribution in [-0.4, -0.2) is 83.5 Å². The summed E-state index contributed by atoms with van der Waals surface area (Å²) in [4.78, 5) is 35.7. The number of ether oxygens (including phenoxy) is 1. The molecule has 3 heterocycles. The first-order valence-electron chi connectivity index (χ1n) is 12.3. The highest BCUT2D eigenvalue weighted by molar-refractivity contribution is 7.53. The van der Waals surface area contributed by atoms with Crippen LogP contribution in [0.1, 0.15) is 21.5 Å². The number of rotatable bonds is 7. The number of phenolic OH excluding ortho intramolecular Hbond substituents is 1. The number of fused-ring (bicyclic) bond motifs is 2. The number of pyridine rings is 1. The minimum atomic E-state index is -3.22. The molecule has 13 heteroatoms. The van der Waals surface area contributed by atoms with E-state index in [9.17, 15) is 23.7 Å². The highest BCUT2D eigenvalue weighted by atomic mass is 31.2. The van der Waals surface area contributed by atoms with E-state index < -0.39 is 19.6 Å². The lowest BCUT2D eigenvalue weighted by atomic mass is 10.0. The molecule has 39 heavy (non-hydrogen) atoms. The zero-order valence-electron chi connectivity index (χ0n) is 21.5. The van der Waals surface area contributed by atoms with Gasteiger partial charge in [0.1, 0.15) is 23.4 Å². The van der Waals surface area contributed by atoms with Gasteiger partial charge in [0.15, 0.2) is 5.75 Å². The summed E-state index contributed by atoms with van der Waals surface area (Å²) in [5.41, 5.74) is 1.28. The molecule has 2 amide bonds. The van der Waals surface area contributed by atoms with Gasteiger partial charge in [0.2, 0.25) is 0 Å². The van der Waals surface area contributed by atoms with Crippen molar-refractivity contribution in [3.05, 3.63) is 65.1 Å². The zero-order chi connectivity index (χ0) is 27.7. The topological polar surface area (TPSA) is 122 Å². The van der Waals surface area contributed by atoms with Crippen LogP contribution in [0.2, 0.25) is 0 Å². The second-order valence-electron chi connectivity index (χ2n) is 9.31. The molecule has 0 unspecified atom stereocenters. The molecule has 0 spiro atoms. The SMILES string of the molecule is COP(=O)(CN1CCN(C(=O)Oc2c3c(c(O)c4ncccc24)C(=O)N(Cc2ccc(F)cc2)C3)CC1)OC. The van der Waals surface area contributed by atoms with Crippen molar-refractivity contribution in [3.63, 3.8) is 0 Å². The average molecular weight is 559 g/mol. The monoisotopic (exact) mass is 558 g/mol. The normalized spacial score (nSPS) is 16.1. The molecule has 2 aromatic carbocycles. The Bertz CT molecular complexity index is 1450. The first-order chi connectivity index (χ1) is 18.7. The molecule has 2 aliphatic heterocycles. The lowest BCUT2D eigenvalue weighted by Crippen LogP contribution is -2.49. The van der Waals surface area contributed by atoms with Crippen LogP contribution in [0.25, 0.3) is 10.9 Å². The predicted octanol–water partition coefficient (Wildman–Crippen LogP) is 3.80. The Morgan fingerprint density at radius 3 is 2.46 bits per heavy atom. The summed E-state index contributed by atoms with van der Waals surface area (Å²) in [5.74, 6) is -0.935. The fourth-order valence-corrected chi connectivity index (χ4v) is 5.98. The third-order valence-corrected chi connectivity index (χ3v) is 8.83. The van der Waals surface area contributed by atoms with E-state index in [2.05, 4.69) is 4.98 Å². The van der Waals surface area contributed by atoms with Crippen LogP contribution in [0.4, 0.5) is 9.18 Å². The third-order valence-electron chi connectivity index (χ3n) is 6.98. The number of nitrogens with zero attached hydrogens (tertiary/aromatic N) is 4. The molecule has 0 aliphatic carbocycles. The summed E-state index contributed by atoms with van der Waals surface area (Å²) in [5, 5.41) is 11.4. The van der Waals surface area contributed by atoms with E-state index in [4.69, 9.17) is 13.8 Å². The highest BCUT2D eigenvalue weighted by Crippen LogP contribution is 2.47. The van der Waals surface area contributed by atoms with Gasteiger partial charge >= 0.3 is 13.7 Å². The van der Waals surface area contributed by atoms with Gasteiger partial charge in [-0.2, -0.15) is 0 Å². The number of halogens is 1. The molecule has 1 saturated heterocycles. The third kappa shape index (κ3) is 5.33. The number of carbonyl (C=O) groups excluding carboxylic acids is 2. The number of benzene rings is 2. The minimum Gasteiger partial charge on any atom is -0.505 e. The second kappa shape index (κ2) is 10.9. The van der Waals surface area contributed by atoms with E-state index in [0.29, 0.717) is 42.7 Å². The van der Waals surface area contributed by atoms with Crippen molar-refractivity contribution in [3.8, 4) is 11.5 Å². The fraction of sp³-hybridized carbons (Fsp3) is 0.346. The average Bonchev–Trinajstić information content (AvgIpc) is 3.28. The minimum absolute atomic E-state index is 0.0332. The highest BCUT2D eigenvalue weighted by Gasteiger charge is 2.37. The number of carbonyl (C=O) groups is 2. The number of aromatic hydroxyl groups is 1. The maximum Gasteiger partial charge on any atom is 0.415 e. The van der Waals surface area contributed by atoms with Crippen molar-refractivity contribution in [2.75, 3.05) is 46.7 Å². The van der Waals surface area contributed by atoms with E-state index in [1.54, 1.807) is 24.3 Å². The van der Waals surface area contributed by atoms with Gasteiger partial charge in [0, 0.05) is 64.1 Å². The van der Waals surface area contributed by atoms with Gasteiger partial charge in [0.05, 0.1) is 12.1 Å². The van der Waals surface area contributed by atoms with Crippen LogP contribution in [0, 0.1) is 5.82 Å². The van der Waals surface area contributed by atoms with Crippen LogP contribution >= 0.6 is 7.60 Å². The van der Waals surface area contributed by atoms with Gasteiger partial charge in [-0.15, -0.1) is 0 Å². The molecule has 1 N–H and O–H groups in total. The molecular formula is C26H28FN4O7P. The van der Waals surface area contributed by atoms with E-state index in [0.717, 1.165) is 0 Å². The van der Waals surface area contributed by atoms with Crippen LogP contribution in [0.3, 0.4) is 0 Å². The number of hydrogen-bond acceptors (Lipinski definition) is 9. The summed E-state index contributed by atoms with van der Waals surface area (Å²) < 4.78 is 41.7. The van der Waals surface area contributed by atoms with Crippen molar-refractivity contribution in [2.45, 2.75) is 13.1 Å². The first-order valence-corrected chi connectivity index (χ1v) is 14.0. The lowest BCUT2D eigenvalue weighted by molar-refractivity contribution is 0.0764. The van der Waals surface area contributed by atoms with E-state index >= 15 is 0 Å². The van der Waals surface area contributed by atoms with Gasteiger partial charge < -0.3 is 28.7 Å². The molecule has 0 radical (unpaired) electrons. The molecular weight excluding hydrogens is 530 g/mol. The van der Waals surface area contributed by atoms with Crippen LogP contribution in [0.5, 0.6) is 11.5 Å². The Morgan fingerprint density at radius 2 is 1.79 bits per heavy atom. The molecule has 0 bridgehead atoms. The van der Waals surface area contributed by atoms with Crippen molar-refractivity contribution in [2.24, 2.45) is 0 Å². The smallest absolute Gasteiger partial charge is 0.415 e. The van der Waals surface area contributed by atoms with Crippen molar-refractivity contribution >= 4 is 30.5 Å². The van der Waals surface area contributed by atoms with Crippen LogP contribution < -0.4 is 4.74 Å². The predicted molar refractivity (Wildman–Crippen MR) is 139 cm³/mol. The molecule has 11 nitrogen and oxygen atoms in total. The Morgan fingerprint density at radius 1 is 1.10 bits per heavy atom.